The molecule has 0 bridgehead atoms. The highest BCUT2D eigenvalue weighted by molar-refractivity contribution is 5.87. The van der Waals surface area contributed by atoms with Crippen molar-refractivity contribution >= 4 is 23.1 Å². The molecule has 4 aromatic rings. The molecule has 1 fully saturated rings. The SMILES string of the molecule is CN(C)Cc1c(/C=C/c2ccc(C#N)cc2)ccc2c(CCC3CCN(Cc4ccccc4)CC3)noc12. The second-order valence-corrected chi connectivity index (χ2v) is 10.7. The van der Waals surface area contributed by atoms with Crippen LogP contribution in [-0.4, -0.2) is 42.1 Å². The number of rotatable bonds is 9. The van der Waals surface area contributed by atoms with Gasteiger partial charge in [-0.05, 0) is 93.7 Å². The predicted molar refractivity (Wildman–Crippen MR) is 154 cm³/mol. The van der Waals surface area contributed by atoms with E-state index >= 15 is 0 Å². The lowest BCUT2D eigenvalue weighted by Crippen LogP contribution is -2.33. The Morgan fingerprint density at radius 2 is 1.76 bits per heavy atom. The molecule has 0 N–H and O–H groups in total. The molecule has 5 rings (SSSR count). The van der Waals surface area contributed by atoms with Crippen LogP contribution >= 0.6 is 0 Å². The molecule has 0 radical (unpaired) electrons. The summed E-state index contributed by atoms with van der Waals surface area (Å²) in [5.74, 6) is 0.740. The van der Waals surface area contributed by atoms with Crippen molar-refractivity contribution in [1.29, 1.82) is 5.26 Å². The van der Waals surface area contributed by atoms with Crippen LogP contribution in [0.1, 0.15) is 52.8 Å². The maximum Gasteiger partial charge on any atom is 0.172 e. The summed E-state index contributed by atoms with van der Waals surface area (Å²) in [4.78, 5) is 4.75. The molecule has 0 aliphatic carbocycles. The van der Waals surface area contributed by atoms with Crippen LogP contribution in [0.3, 0.4) is 0 Å². The van der Waals surface area contributed by atoms with E-state index < -0.39 is 0 Å². The van der Waals surface area contributed by atoms with E-state index in [2.05, 4.69) is 89.7 Å². The minimum Gasteiger partial charge on any atom is -0.356 e. The lowest BCUT2D eigenvalue weighted by molar-refractivity contribution is 0.172. The fourth-order valence-corrected chi connectivity index (χ4v) is 5.41. The van der Waals surface area contributed by atoms with Crippen LogP contribution in [0.2, 0.25) is 0 Å². The Balaban J connectivity index is 1.25. The topological polar surface area (TPSA) is 56.3 Å². The van der Waals surface area contributed by atoms with Crippen molar-refractivity contribution in [3.63, 3.8) is 0 Å². The summed E-state index contributed by atoms with van der Waals surface area (Å²) in [6, 6.07) is 24.9. The van der Waals surface area contributed by atoms with Crippen LogP contribution < -0.4 is 0 Å². The Hall–Kier alpha value is -3.72. The molecule has 0 amide bonds. The van der Waals surface area contributed by atoms with Gasteiger partial charge in [0.1, 0.15) is 0 Å². The van der Waals surface area contributed by atoms with Crippen molar-refractivity contribution in [2.75, 3.05) is 27.2 Å². The molecule has 0 saturated carbocycles. The van der Waals surface area contributed by atoms with E-state index in [1.54, 1.807) is 0 Å². The van der Waals surface area contributed by atoms with Gasteiger partial charge < -0.3 is 9.42 Å². The first-order valence-electron chi connectivity index (χ1n) is 13.6. The number of likely N-dealkylation sites (tertiary alicyclic amines) is 1. The summed E-state index contributed by atoms with van der Waals surface area (Å²) in [7, 11) is 4.16. The Labute approximate surface area is 226 Å². The largest absolute Gasteiger partial charge is 0.356 e. The third-order valence-electron chi connectivity index (χ3n) is 7.57. The minimum atomic E-state index is 0.670. The van der Waals surface area contributed by atoms with Gasteiger partial charge >= 0.3 is 0 Å². The van der Waals surface area contributed by atoms with E-state index in [0.717, 1.165) is 65.2 Å². The van der Waals surface area contributed by atoms with Gasteiger partial charge in [-0.15, -0.1) is 0 Å². The number of aryl methyl sites for hydroxylation is 1. The Morgan fingerprint density at radius 3 is 2.47 bits per heavy atom. The normalized spacial score (nSPS) is 15.0. The molecule has 1 aromatic heterocycles. The third-order valence-corrected chi connectivity index (χ3v) is 7.57. The molecule has 0 unspecified atom stereocenters. The van der Waals surface area contributed by atoms with Gasteiger partial charge in [0, 0.05) is 24.0 Å². The molecule has 3 aromatic carbocycles. The van der Waals surface area contributed by atoms with Crippen molar-refractivity contribution in [3.05, 3.63) is 100 Å². The van der Waals surface area contributed by atoms with Crippen LogP contribution in [0.5, 0.6) is 0 Å². The van der Waals surface area contributed by atoms with E-state index in [4.69, 9.17) is 9.78 Å². The van der Waals surface area contributed by atoms with Gasteiger partial charge in [-0.25, -0.2) is 0 Å². The van der Waals surface area contributed by atoms with Gasteiger partial charge in [-0.3, -0.25) is 4.90 Å². The van der Waals surface area contributed by atoms with Crippen molar-refractivity contribution < 1.29 is 4.52 Å². The minimum absolute atomic E-state index is 0.670. The third kappa shape index (κ3) is 6.39. The average Bonchev–Trinajstić information content (AvgIpc) is 3.36. The molecule has 0 spiro atoms. The second kappa shape index (κ2) is 12.2. The highest BCUT2D eigenvalue weighted by atomic mass is 16.5. The maximum absolute atomic E-state index is 9.04. The molecule has 1 aliphatic heterocycles. The van der Waals surface area contributed by atoms with Gasteiger partial charge in [0.15, 0.2) is 5.58 Å². The standard InChI is InChI=1S/C33H36N4O/c1-36(2)24-31-29(14-12-25-8-10-27(22-34)11-9-25)15-16-30-32(35-38-33(30)31)17-13-26-18-20-37(21-19-26)23-28-6-4-3-5-7-28/h3-12,14-16,26H,13,17-21,23-24H2,1-2H3/b14-12+. The molecule has 38 heavy (non-hydrogen) atoms. The van der Waals surface area contributed by atoms with Crippen molar-refractivity contribution in [2.45, 2.75) is 38.8 Å². The molecule has 1 saturated heterocycles. The Kier molecular flexibility index (Phi) is 8.33. The van der Waals surface area contributed by atoms with Crippen LogP contribution in [0.15, 0.2) is 71.3 Å². The summed E-state index contributed by atoms with van der Waals surface area (Å²) < 4.78 is 5.97. The first-order valence-corrected chi connectivity index (χ1v) is 13.6. The van der Waals surface area contributed by atoms with E-state index in [1.165, 1.54) is 31.5 Å². The van der Waals surface area contributed by atoms with Crippen molar-refractivity contribution in [3.8, 4) is 6.07 Å². The summed E-state index contributed by atoms with van der Waals surface area (Å²) in [5.41, 5.74) is 7.40. The highest BCUT2D eigenvalue weighted by Gasteiger charge is 2.21. The van der Waals surface area contributed by atoms with Crippen LogP contribution in [0.25, 0.3) is 23.1 Å². The first-order chi connectivity index (χ1) is 18.6. The van der Waals surface area contributed by atoms with Crippen LogP contribution in [0, 0.1) is 17.2 Å². The monoisotopic (exact) mass is 504 g/mol. The molecule has 2 heterocycles. The van der Waals surface area contributed by atoms with E-state index in [1.807, 2.05) is 24.3 Å². The van der Waals surface area contributed by atoms with E-state index in [0.29, 0.717) is 5.56 Å². The van der Waals surface area contributed by atoms with Crippen molar-refractivity contribution in [2.24, 2.45) is 5.92 Å². The molecule has 194 valence electrons. The summed E-state index contributed by atoms with van der Waals surface area (Å²) in [6.07, 6.45) is 8.83. The number of aromatic nitrogens is 1. The average molecular weight is 505 g/mol. The summed E-state index contributed by atoms with van der Waals surface area (Å²) in [5, 5.41) is 14.7. The smallest absolute Gasteiger partial charge is 0.172 e. The fraction of sp³-hybridized carbons (Fsp3) is 0.333. The van der Waals surface area contributed by atoms with Gasteiger partial charge in [-0.1, -0.05) is 65.8 Å². The lowest BCUT2D eigenvalue weighted by Gasteiger charge is -2.31. The number of benzene rings is 3. The highest BCUT2D eigenvalue weighted by Crippen LogP contribution is 2.30. The number of nitriles is 1. The zero-order valence-electron chi connectivity index (χ0n) is 22.4. The Bertz CT molecular complexity index is 1410. The van der Waals surface area contributed by atoms with Gasteiger partial charge in [0.05, 0.1) is 17.3 Å². The number of nitrogens with zero attached hydrogens (tertiary/aromatic N) is 4. The number of hydrogen-bond donors (Lipinski definition) is 0. The second-order valence-electron chi connectivity index (χ2n) is 10.7. The molecule has 5 nitrogen and oxygen atoms in total. The fourth-order valence-electron chi connectivity index (χ4n) is 5.41. The first kappa shape index (κ1) is 25.9. The summed E-state index contributed by atoms with van der Waals surface area (Å²) in [6.45, 7) is 4.17. The number of fused-ring (bicyclic) bond motifs is 1. The zero-order valence-corrected chi connectivity index (χ0v) is 22.4. The zero-order chi connectivity index (χ0) is 26.3. The maximum atomic E-state index is 9.04. The quantitative estimate of drug-likeness (QED) is 0.235. The number of hydrogen-bond acceptors (Lipinski definition) is 5. The predicted octanol–water partition coefficient (Wildman–Crippen LogP) is 6.78. The van der Waals surface area contributed by atoms with Gasteiger partial charge in [0.25, 0.3) is 0 Å². The van der Waals surface area contributed by atoms with Crippen molar-refractivity contribution in [1.82, 2.24) is 15.0 Å². The van der Waals surface area contributed by atoms with Crippen LogP contribution in [-0.2, 0) is 19.5 Å². The van der Waals surface area contributed by atoms with Gasteiger partial charge in [-0.2, -0.15) is 5.26 Å². The molecule has 1 aliphatic rings. The molecule has 5 heteroatoms. The van der Waals surface area contributed by atoms with Crippen LogP contribution in [0.4, 0.5) is 0 Å². The van der Waals surface area contributed by atoms with Gasteiger partial charge in [0.2, 0.25) is 0 Å². The molecular weight excluding hydrogens is 468 g/mol. The number of piperidine rings is 1. The summed E-state index contributed by atoms with van der Waals surface area (Å²) >= 11 is 0. The van der Waals surface area contributed by atoms with E-state index in [-0.39, 0.29) is 0 Å². The Morgan fingerprint density at radius 1 is 1.00 bits per heavy atom. The molecular formula is C33H36N4O. The molecule has 0 atom stereocenters. The van der Waals surface area contributed by atoms with E-state index in [9.17, 15) is 0 Å². The lowest BCUT2D eigenvalue weighted by atomic mass is 9.90.